The molecule has 80 valence electrons. The van der Waals surface area contributed by atoms with E-state index in [0.29, 0.717) is 16.9 Å². The van der Waals surface area contributed by atoms with E-state index in [1.54, 1.807) is 12.3 Å². The van der Waals surface area contributed by atoms with Crippen molar-refractivity contribution in [1.29, 1.82) is 0 Å². The van der Waals surface area contributed by atoms with E-state index in [1.807, 2.05) is 6.07 Å². The second kappa shape index (κ2) is 3.10. The predicted octanol–water partition coefficient (Wildman–Crippen LogP) is 2.28. The van der Waals surface area contributed by atoms with E-state index in [-0.39, 0.29) is 5.82 Å². The van der Waals surface area contributed by atoms with Gasteiger partial charge in [0.15, 0.2) is 0 Å². The number of aromatic amines is 2. The summed E-state index contributed by atoms with van der Waals surface area (Å²) in [5, 5.41) is 7.44. The van der Waals surface area contributed by atoms with Crippen LogP contribution in [0.5, 0.6) is 0 Å². The maximum atomic E-state index is 13.5. The van der Waals surface area contributed by atoms with Gasteiger partial charge >= 0.3 is 0 Å². The average molecular weight is 216 g/mol. The van der Waals surface area contributed by atoms with Gasteiger partial charge in [0, 0.05) is 17.1 Å². The molecule has 3 rings (SSSR count). The first-order valence-electron chi connectivity index (χ1n) is 4.82. The topological polar surface area (TPSA) is 70.5 Å². The molecular weight excluding hydrogens is 207 g/mol. The van der Waals surface area contributed by atoms with Gasteiger partial charge in [-0.15, -0.1) is 0 Å². The van der Waals surface area contributed by atoms with Crippen LogP contribution in [0.1, 0.15) is 0 Å². The zero-order valence-electron chi connectivity index (χ0n) is 8.29. The molecule has 0 radical (unpaired) electrons. The standard InChI is InChI=1S/C11H9FN4/c12-8-3-1-2-6-7(4-14-10(6)8)11-9(13)5-15-16-11/h1-5,14H,13H2,(H,15,16). The zero-order chi connectivity index (χ0) is 11.1. The number of para-hydroxylation sites is 1. The second-order valence-electron chi connectivity index (χ2n) is 3.57. The molecule has 0 unspecified atom stereocenters. The number of nitrogens with zero attached hydrogens (tertiary/aromatic N) is 1. The fourth-order valence-corrected chi connectivity index (χ4v) is 1.84. The van der Waals surface area contributed by atoms with Gasteiger partial charge in [-0.25, -0.2) is 4.39 Å². The normalized spacial score (nSPS) is 11.1. The summed E-state index contributed by atoms with van der Waals surface area (Å²) < 4.78 is 13.5. The SMILES string of the molecule is Nc1cn[nH]c1-c1c[nH]c2c(F)cccc12. The van der Waals surface area contributed by atoms with Crippen LogP contribution in [-0.2, 0) is 0 Å². The molecule has 0 aliphatic carbocycles. The Morgan fingerprint density at radius 2 is 2.19 bits per heavy atom. The van der Waals surface area contributed by atoms with E-state index in [1.165, 1.54) is 12.3 Å². The molecule has 2 heterocycles. The number of hydrogen-bond acceptors (Lipinski definition) is 2. The van der Waals surface area contributed by atoms with E-state index < -0.39 is 0 Å². The molecule has 0 saturated heterocycles. The highest BCUT2D eigenvalue weighted by atomic mass is 19.1. The summed E-state index contributed by atoms with van der Waals surface area (Å²) in [6, 6.07) is 4.92. The summed E-state index contributed by atoms with van der Waals surface area (Å²) in [6.45, 7) is 0. The highest BCUT2D eigenvalue weighted by Gasteiger charge is 2.12. The van der Waals surface area contributed by atoms with Gasteiger partial charge in [0.05, 0.1) is 23.1 Å². The van der Waals surface area contributed by atoms with Gasteiger partial charge < -0.3 is 10.7 Å². The Hall–Kier alpha value is -2.30. The minimum atomic E-state index is -0.276. The minimum absolute atomic E-state index is 0.276. The molecule has 0 bridgehead atoms. The van der Waals surface area contributed by atoms with Crippen molar-refractivity contribution in [3.05, 3.63) is 36.4 Å². The van der Waals surface area contributed by atoms with Crippen molar-refractivity contribution in [1.82, 2.24) is 15.2 Å². The van der Waals surface area contributed by atoms with Crippen LogP contribution in [0.15, 0.2) is 30.6 Å². The van der Waals surface area contributed by atoms with Crippen molar-refractivity contribution in [3.63, 3.8) is 0 Å². The summed E-state index contributed by atoms with van der Waals surface area (Å²) in [5.41, 5.74) is 8.31. The first-order valence-corrected chi connectivity index (χ1v) is 4.82. The van der Waals surface area contributed by atoms with Gasteiger partial charge in [0.2, 0.25) is 0 Å². The number of aromatic nitrogens is 3. The smallest absolute Gasteiger partial charge is 0.147 e. The largest absolute Gasteiger partial charge is 0.396 e. The van der Waals surface area contributed by atoms with Crippen molar-refractivity contribution in [3.8, 4) is 11.3 Å². The molecule has 0 aliphatic heterocycles. The van der Waals surface area contributed by atoms with Crippen LogP contribution in [0.4, 0.5) is 10.1 Å². The summed E-state index contributed by atoms with van der Waals surface area (Å²) in [6.07, 6.45) is 3.26. The van der Waals surface area contributed by atoms with Crippen molar-refractivity contribution in [2.45, 2.75) is 0 Å². The highest BCUT2D eigenvalue weighted by Crippen LogP contribution is 2.31. The van der Waals surface area contributed by atoms with Gasteiger partial charge in [0.25, 0.3) is 0 Å². The third-order valence-corrected chi connectivity index (χ3v) is 2.60. The number of halogens is 1. The summed E-state index contributed by atoms with van der Waals surface area (Å²) in [7, 11) is 0. The quantitative estimate of drug-likeness (QED) is 0.584. The molecule has 0 aliphatic rings. The molecule has 0 saturated carbocycles. The van der Waals surface area contributed by atoms with Crippen molar-refractivity contribution >= 4 is 16.6 Å². The summed E-state index contributed by atoms with van der Waals surface area (Å²) >= 11 is 0. The van der Waals surface area contributed by atoms with Gasteiger partial charge in [-0.3, -0.25) is 5.10 Å². The van der Waals surface area contributed by atoms with Crippen LogP contribution in [0, 0.1) is 5.82 Å². The van der Waals surface area contributed by atoms with E-state index in [4.69, 9.17) is 5.73 Å². The molecule has 0 amide bonds. The first-order chi connectivity index (χ1) is 7.77. The molecule has 2 aromatic heterocycles. The number of anilines is 1. The Kier molecular flexibility index (Phi) is 1.73. The Labute approximate surface area is 90.3 Å². The molecule has 4 nitrogen and oxygen atoms in total. The number of hydrogen-bond donors (Lipinski definition) is 3. The van der Waals surface area contributed by atoms with E-state index in [2.05, 4.69) is 15.2 Å². The van der Waals surface area contributed by atoms with Crippen LogP contribution >= 0.6 is 0 Å². The Balaban J connectivity index is 2.34. The molecule has 0 atom stereocenters. The maximum absolute atomic E-state index is 13.5. The fraction of sp³-hybridized carbons (Fsp3) is 0. The monoisotopic (exact) mass is 216 g/mol. The number of nitrogens with two attached hydrogens (primary N) is 1. The van der Waals surface area contributed by atoms with Crippen LogP contribution in [-0.4, -0.2) is 15.2 Å². The van der Waals surface area contributed by atoms with E-state index in [0.717, 1.165) is 10.9 Å². The van der Waals surface area contributed by atoms with Gasteiger partial charge in [0.1, 0.15) is 5.82 Å². The molecule has 16 heavy (non-hydrogen) atoms. The van der Waals surface area contributed by atoms with Crippen LogP contribution in [0.3, 0.4) is 0 Å². The molecule has 4 N–H and O–H groups in total. The third kappa shape index (κ3) is 1.11. The lowest BCUT2D eigenvalue weighted by molar-refractivity contribution is 0.637. The summed E-state index contributed by atoms with van der Waals surface area (Å²) in [4.78, 5) is 2.89. The number of fused-ring (bicyclic) bond motifs is 1. The van der Waals surface area contributed by atoms with E-state index in [9.17, 15) is 4.39 Å². The molecule has 0 fully saturated rings. The first kappa shape index (κ1) is 8.96. The number of H-pyrrole nitrogens is 2. The van der Waals surface area contributed by atoms with Crippen molar-refractivity contribution in [2.24, 2.45) is 0 Å². The van der Waals surface area contributed by atoms with Gasteiger partial charge in [-0.1, -0.05) is 12.1 Å². The number of nitrogens with one attached hydrogen (secondary N) is 2. The van der Waals surface area contributed by atoms with Crippen LogP contribution < -0.4 is 5.73 Å². The predicted molar refractivity (Wildman–Crippen MR) is 60.3 cm³/mol. The molecule has 3 aromatic rings. The fourth-order valence-electron chi connectivity index (χ4n) is 1.84. The molecule has 0 spiro atoms. The van der Waals surface area contributed by atoms with Crippen molar-refractivity contribution in [2.75, 3.05) is 5.73 Å². The average Bonchev–Trinajstić information content (AvgIpc) is 2.84. The second-order valence-corrected chi connectivity index (χ2v) is 3.57. The highest BCUT2D eigenvalue weighted by molar-refractivity contribution is 5.97. The number of benzene rings is 1. The molecular formula is C11H9FN4. The maximum Gasteiger partial charge on any atom is 0.147 e. The molecule has 1 aromatic carbocycles. The van der Waals surface area contributed by atoms with E-state index >= 15 is 0 Å². The minimum Gasteiger partial charge on any atom is -0.396 e. The Morgan fingerprint density at radius 3 is 2.94 bits per heavy atom. The number of rotatable bonds is 1. The summed E-state index contributed by atoms with van der Waals surface area (Å²) in [5.74, 6) is -0.276. The Morgan fingerprint density at radius 1 is 1.31 bits per heavy atom. The van der Waals surface area contributed by atoms with Crippen molar-refractivity contribution < 1.29 is 4.39 Å². The molecule has 5 heteroatoms. The lowest BCUT2D eigenvalue weighted by Crippen LogP contribution is -1.85. The van der Waals surface area contributed by atoms with Crippen LogP contribution in [0.25, 0.3) is 22.2 Å². The third-order valence-electron chi connectivity index (χ3n) is 2.60. The Bertz CT molecular complexity index is 653. The zero-order valence-corrected chi connectivity index (χ0v) is 8.29. The van der Waals surface area contributed by atoms with Gasteiger partial charge in [-0.2, -0.15) is 5.10 Å². The lowest BCUT2D eigenvalue weighted by Gasteiger charge is -1.97. The van der Waals surface area contributed by atoms with Gasteiger partial charge in [-0.05, 0) is 6.07 Å². The van der Waals surface area contributed by atoms with Crippen LogP contribution in [0.2, 0.25) is 0 Å². The number of nitrogen functional groups attached to an aromatic ring is 1. The lowest BCUT2D eigenvalue weighted by atomic mass is 10.1.